The summed E-state index contributed by atoms with van der Waals surface area (Å²) in [7, 11) is 5.83. The molecule has 2 atom stereocenters. The van der Waals surface area contributed by atoms with Gasteiger partial charge in [-0.1, -0.05) is 48.5 Å². The first kappa shape index (κ1) is 22.6. The third-order valence-corrected chi connectivity index (χ3v) is 6.94. The molecular formula is C27H35N3O2. The molecule has 170 valence electrons. The van der Waals surface area contributed by atoms with Gasteiger partial charge in [0.2, 0.25) is 0 Å². The van der Waals surface area contributed by atoms with Gasteiger partial charge in [0.15, 0.2) is 0 Å². The van der Waals surface area contributed by atoms with Crippen molar-refractivity contribution in [2.75, 3.05) is 21.2 Å². The van der Waals surface area contributed by atoms with E-state index in [1.165, 1.54) is 18.1 Å². The number of nitrogens with zero attached hydrogens (tertiary/aromatic N) is 1. The number of esters is 1. The summed E-state index contributed by atoms with van der Waals surface area (Å²) in [6.45, 7) is 0. The summed E-state index contributed by atoms with van der Waals surface area (Å²) in [5.41, 5.74) is 3.64. The molecule has 3 aromatic rings. The maximum absolute atomic E-state index is 12.6. The van der Waals surface area contributed by atoms with Crippen LogP contribution in [0.2, 0.25) is 0 Å². The number of hydrogen-bond acceptors (Lipinski definition) is 4. The largest absolute Gasteiger partial charge is 0.468 e. The Balaban J connectivity index is 1.41. The van der Waals surface area contributed by atoms with Crippen LogP contribution in [0, 0.1) is 5.92 Å². The number of aromatic amines is 1. The lowest BCUT2D eigenvalue weighted by Crippen LogP contribution is -2.47. The third-order valence-electron chi connectivity index (χ3n) is 6.94. The molecule has 32 heavy (non-hydrogen) atoms. The van der Waals surface area contributed by atoms with Crippen molar-refractivity contribution in [2.24, 2.45) is 5.92 Å². The number of nitrogens with one attached hydrogen (secondary N) is 2. The second kappa shape index (κ2) is 10.3. The minimum Gasteiger partial charge on any atom is -0.468 e. The number of hydrogen-bond donors (Lipinski definition) is 2. The lowest BCUT2D eigenvalue weighted by molar-refractivity contribution is -0.143. The molecule has 1 aliphatic rings. The zero-order valence-electron chi connectivity index (χ0n) is 19.4. The second-order valence-corrected chi connectivity index (χ2v) is 9.24. The summed E-state index contributed by atoms with van der Waals surface area (Å²) in [5.74, 6) is 0.434. The van der Waals surface area contributed by atoms with Crippen molar-refractivity contribution in [2.45, 2.75) is 50.2 Å². The molecule has 5 nitrogen and oxygen atoms in total. The quantitative estimate of drug-likeness (QED) is 0.506. The van der Waals surface area contributed by atoms with Gasteiger partial charge < -0.3 is 19.9 Å². The summed E-state index contributed by atoms with van der Waals surface area (Å²) < 4.78 is 5.15. The summed E-state index contributed by atoms with van der Waals surface area (Å²) in [6, 6.07) is 19.5. The maximum Gasteiger partial charge on any atom is 0.323 e. The minimum absolute atomic E-state index is 0.187. The van der Waals surface area contributed by atoms with Gasteiger partial charge in [-0.2, -0.15) is 0 Å². The smallest absolute Gasteiger partial charge is 0.323 e. The first-order valence-electron chi connectivity index (χ1n) is 11.7. The van der Waals surface area contributed by atoms with Gasteiger partial charge in [-0.15, -0.1) is 0 Å². The van der Waals surface area contributed by atoms with Gasteiger partial charge in [0, 0.05) is 35.6 Å². The molecule has 1 fully saturated rings. The second-order valence-electron chi connectivity index (χ2n) is 9.24. The molecule has 4 rings (SSSR count). The van der Waals surface area contributed by atoms with Crippen LogP contribution in [0.25, 0.3) is 10.9 Å². The molecule has 1 aliphatic carbocycles. The maximum atomic E-state index is 12.6. The molecule has 0 bridgehead atoms. The highest BCUT2D eigenvalue weighted by Gasteiger charge is 2.32. The normalized spacial score (nSPS) is 20.9. The lowest BCUT2D eigenvalue weighted by Gasteiger charge is -2.38. The number of fused-ring (bicyclic) bond motifs is 1. The van der Waals surface area contributed by atoms with Crippen molar-refractivity contribution >= 4 is 16.9 Å². The molecule has 1 heterocycles. The molecule has 0 spiro atoms. The Bertz CT molecular complexity index is 1010. The molecular weight excluding hydrogens is 398 g/mol. The number of carbonyl (C=O) groups excluding carboxylic acids is 1. The molecule has 0 amide bonds. The number of methoxy groups -OCH3 is 1. The molecule has 1 aromatic heterocycles. The van der Waals surface area contributed by atoms with E-state index in [1.807, 2.05) is 18.3 Å². The number of ether oxygens (including phenoxy) is 1. The average molecular weight is 434 g/mol. The minimum atomic E-state index is -0.334. The van der Waals surface area contributed by atoms with Crippen molar-refractivity contribution in [3.8, 4) is 0 Å². The van der Waals surface area contributed by atoms with Crippen LogP contribution in [-0.2, 0) is 16.0 Å². The van der Waals surface area contributed by atoms with Crippen LogP contribution in [0.1, 0.15) is 42.9 Å². The summed E-state index contributed by atoms with van der Waals surface area (Å²) in [6.07, 6.45) is 7.08. The number of benzene rings is 2. The van der Waals surface area contributed by atoms with Gasteiger partial charge in [-0.3, -0.25) is 4.79 Å². The van der Waals surface area contributed by atoms with Crippen molar-refractivity contribution < 1.29 is 9.53 Å². The van der Waals surface area contributed by atoms with E-state index in [1.54, 1.807) is 0 Å². The fraction of sp³-hybridized carbons (Fsp3) is 0.444. The Morgan fingerprint density at radius 2 is 1.75 bits per heavy atom. The van der Waals surface area contributed by atoms with Gasteiger partial charge in [0.05, 0.1) is 7.11 Å². The Kier molecular flexibility index (Phi) is 7.28. The molecule has 0 saturated heterocycles. The number of H-pyrrole nitrogens is 1. The van der Waals surface area contributed by atoms with E-state index in [2.05, 4.69) is 71.8 Å². The van der Waals surface area contributed by atoms with Crippen molar-refractivity contribution in [3.63, 3.8) is 0 Å². The Morgan fingerprint density at radius 3 is 2.44 bits per heavy atom. The zero-order valence-corrected chi connectivity index (χ0v) is 19.4. The van der Waals surface area contributed by atoms with Gasteiger partial charge >= 0.3 is 5.97 Å². The van der Waals surface area contributed by atoms with Crippen LogP contribution in [0.5, 0.6) is 0 Å². The molecule has 1 saturated carbocycles. The van der Waals surface area contributed by atoms with Gasteiger partial charge in [0.25, 0.3) is 0 Å². The standard InChI is InChI=1S/C27H35N3O2/c1-30(2)26(19-9-5-4-6-10-19)20-13-15-22(16-14-20)29-25(27(31)32-3)17-21-18-28-24-12-8-7-11-23(21)24/h4-12,18,20,22,25-26,28-29H,13-17H2,1-3H3. The van der Waals surface area contributed by atoms with Crippen LogP contribution < -0.4 is 5.32 Å². The van der Waals surface area contributed by atoms with Crippen LogP contribution in [0.15, 0.2) is 60.8 Å². The van der Waals surface area contributed by atoms with E-state index >= 15 is 0 Å². The van der Waals surface area contributed by atoms with Crippen molar-refractivity contribution in [3.05, 3.63) is 71.9 Å². The van der Waals surface area contributed by atoms with Crippen molar-refractivity contribution in [1.29, 1.82) is 0 Å². The van der Waals surface area contributed by atoms with Crippen LogP contribution in [0.4, 0.5) is 0 Å². The summed E-state index contributed by atoms with van der Waals surface area (Å²) >= 11 is 0. The van der Waals surface area contributed by atoms with Crippen LogP contribution in [0.3, 0.4) is 0 Å². The van der Waals surface area contributed by atoms with Gasteiger partial charge in [-0.05, 0) is 62.9 Å². The van der Waals surface area contributed by atoms with E-state index in [0.717, 1.165) is 36.8 Å². The Morgan fingerprint density at radius 1 is 1.06 bits per heavy atom. The highest BCUT2D eigenvalue weighted by Crippen LogP contribution is 2.37. The predicted octanol–water partition coefficient (Wildman–Crippen LogP) is 4.70. The lowest BCUT2D eigenvalue weighted by atomic mass is 9.78. The molecule has 2 aromatic carbocycles. The van der Waals surface area contributed by atoms with Crippen LogP contribution >= 0.6 is 0 Å². The van der Waals surface area contributed by atoms with E-state index in [4.69, 9.17) is 4.74 Å². The zero-order chi connectivity index (χ0) is 22.5. The molecule has 2 unspecified atom stereocenters. The SMILES string of the molecule is COC(=O)C(Cc1c[nH]c2ccccc12)NC1CCC(C(c2ccccc2)N(C)C)CC1. The molecule has 2 N–H and O–H groups in total. The van der Waals surface area contributed by atoms with E-state index in [0.29, 0.717) is 24.4 Å². The fourth-order valence-corrected chi connectivity index (χ4v) is 5.40. The van der Waals surface area contributed by atoms with E-state index in [-0.39, 0.29) is 12.0 Å². The number of rotatable bonds is 8. The van der Waals surface area contributed by atoms with E-state index in [9.17, 15) is 4.79 Å². The van der Waals surface area contributed by atoms with E-state index < -0.39 is 0 Å². The average Bonchev–Trinajstić information content (AvgIpc) is 3.23. The Labute approximate surface area is 191 Å². The third kappa shape index (κ3) is 5.05. The Hall–Kier alpha value is -2.63. The number of aromatic nitrogens is 1. The van der Waals surface area contributed by atoms with Crippen molar-refractivity contribution in [1.82, 2.24) is 15.2 Å². The van der Waals surface area contributed by atoms with Gasteiger partial charge in [0.1, 0.15) is 6.04 Å². The summed E-state index contributed by atoms with van der Waals surface area (Å²) in [5, 5.41) is 4.81. The monoisotopic (exact) mass is 433 g/mol. The highest BCUT2D eigenvalue weighted by molar-refractivity contribution is 5.84. The number of para-hydroxylation sites is 1. The summed E-state index contributed by atoms with van der Waals surface area (Å²) in [4.78, 5) is 18.3. The molecule has 0 aliphatic heterocycles. The van der Waals surface area contributed by atoms with Gasteiger partial charge in [-0.25, -0.2) is 0 Å². The topological polar surface area (TPSA) is 57.4 Å². The predicted molar refractivity (Wildman–Crippen MR) is 130 cm³/mol. The fourth-order valence-electron chi connectivity index (χ4n) is 5.40. The van der Waals surface area contributed by atoms with Crippen LogP contribution in [-0.4, -0.2) is 49.1 Å². The molecule has 5 heteroatoms. The first-order chi connectivity index (χ1) is 15.6. The highest BCUT2D eigenvalue weighted by atomic mass is 16.5. The first-order valence-corrected chi connectivity index (χ1v) is 11.7. The molecule has 0 radical (unpaired) electrons. The number of carbonyl (C=O) groups is 1.